The highest BCUT2D eigenvalue weighted by molar-refractivity contribution is 5.99. The maximum atomic E-state index is 14.5. The number of benzene rings is 4. The van der Waals surface area contributed by atoms with Crippen LogP contribution in [0.4, 0.5) is 0 Å². The van der Waals surface area contributed by atoms with Gasteiger partial charge >= 0.3 is 5.97 Å². The Kier molecular flexibility index (Phi) is 14.7. The van der Waals surface area contributed by atoms with Gasteiger partial charge in [-0.25, -0.2) is 4.79 Å². The molecule has 4 aromatic carbocycles. The number of ether oxygens (including phenoxy) is 1. The second-order valence-corrected chi connectivity index (χ2v) is 15.4. The monoisotopic (exact) mass is 889 g/mol. The predicted octanol–water partition coefficient (Wildman–Crippen LogP) is 1.56. The molecule has 0 aliphatic carbocycles. The van der Waals surface area contributed by atoms with E-state index in [9.17, 15) is 54.0 Å². The summed E-state index contributed by atoms with van der Waals surface area (Å²) in [6.45, 7) is 2.54. The van der Waals surface area contributed by atoms with Crippen molar-refractivity contribution in [2.24, 2.45) is 0 Å². The molecular formula is C46H47N7O12. The minimum Gasteiger partial charge on any atom is -0.508 e. The molecule has 1 aliphatic rings. The maximum absolute atomic E-state index is 14.5. The molecule has 6 amide bonds. The highest BCUT2D eigenvalue weighted by Gasteiger charge is 2.39. The third-order valence-electron chi connectivity index (χ3n) is 10.4. The van der Waals surface area contributed by atoms with Crippen molar-refractivity contribution in [2.45, 2.75) is 69.0 Å². The zero-order valence-corrected chi connectivity index (χ0v) is 35.0. The van der Waals surface area contributed by atoms with Crippen molar-refractivity contribution in [3.05, 3.63) is 143 Å². The first-order valence-corrected chi connectivity index (χ1v) is 20.3. The normalized spacial score (nSPS) is 21.4. The topological polar surface area (TPSA) is 298 Å². The van der Waals surface area contributed by atoms with Crippen LogP contribution in [0.5, 0.6) is 23.0 Å². The van der Waals surface area contributed by atoms with Gasteiger partial charge in [0.2, 0.25) is 29.5 Å². The lowest BCUT2D eigenvalue weighted by molar-refractivity contribution is -0.156. The Balaban J connectivity index is 1.43. The van der Waals surface area contributed by atoms with Crippen molar-refractivity contribution < 1.29 is 58.7 Å². The molecule has 0 radical (unpaired) electrons. The van der Waals surface area contributed by atoms with Crippen LogP contribution in [-0.4, -0.2) is 97.1 Å². The van der Waals surface area contributed by atoms with Crippen LogP contribution in [0.2, 0.25) is 0 Å². The van der Waals surface area contributed by atoms with Gasteiger partial charge in [0.15, 0.2) is 6.04 Å². The van der Waals surface area contributed by atoms with Crippen LogP contribution >= 0.6 is 0 Å². The quantitative estimate of drug-likeness (QED) is 0.0891. The van der Waals surface area contributed by atoms with Gasteiger partial charge in [-0.15, -0.1) is 0 Å². The molecule has 19 nitrogen and oxygen atoms in total. The van der Waals surface area contributed by atoms with E-state index in [0.717, 1.165) is 36.4 Å². The van der Waals surface area contributed by atoms with Crippen molar-refractivity contribution in [1.82, 2.24) is 36.9 Å². The van der Waals surface area contributed by atoms with Crippen LogP contribution in [0.3, 0.4) is 0 Å². The molecule has 7 atom stereocenters. The summed E-state index contributed by atoms with van der Waals surface area (Å²) in [5.41, 5.74) is 0.935. The molecule has 19 heteroatoms. The second-order valence-electron chi connectivity index (χ2n) is 15.4. The van der Waals surface area contributed by atoms with Gasteiger partial charge in [0, 0.05) is 31.2 Å². The van der Waals surface area contributed by atoms with Crippen molar-refractivity contribution >= 4 is 41.4 Å². The van der Waals surface area contributed by atoms with Gasteiger partial charge in [-0.05, 0) is 72.5 Å². The molecule has 0 unspecified atom stereocenters. The molecule has 0 spiro atoms. The first kappa shape index (κ1) is 46.2. The van der Waals surface area contributed by atoms with Crippen LogP contribution in [0, 0.1) is 0 Å². The molecule has 1 aliphatic heterocycles. The summed E-state index contributed by atoms with van der Waals surface area (Å²) in [6, 6.07) is 16.7. The SMILES string of the molecule is C[C@H]1NC(=O)[C@@H](Cc2ccccc2)NC(=O)[C@H](NC(=O)[C@H](Cc2ccccc2)NC(=O)c2ccc[nH]2)[C@@H](C)OC(=O)[C@H](c2cc(O)cc(O)c2)NC(=O)[C@@H](c2cc(O)cc(O)c2)NC1=O. The fourth-order valence-corrected chi connectivity index (χ4v) is 7.08. The summed E-state index contributed by atoms with van der Waals surface area (Å²) >= 11 is 0. The first-order chi connectivity index (χ1) is 31.0. The number of aromatic hydroxyl groups is 4. The summed E-state index contributed by atoms with van der Waals surface area (Å²) in [5.74, 6) is -8.93. The Labute approximate surface area is 371 Å². The van der Waals surface area contributed by atoms with Crippen molar-refractivity contribution in [2.75, 3.05) is 0 Å². The molecular weight excluding hydrogens is 843 g/mol. The Morgan fingerprint density at radius 3 is 1.75 bits per heavy atom. The van der Waals surface area contributed by atoms with Gasteiger partial charge in [-0.2, -0.15) is 0 Å². The number of nitrogens with one attached hydrogen (secondary N) is 7. The van der Waals surface area contributed by atoms with Gasteiger partial charge in [0.05, 0.1) is 0 Å². The van der Waals surface area contributed by atoms with Gasteiger partial charge < -0.3 is 62.0 Å². The van der Waals surface area contributed by atoms with E-state index in [2.05, 4.69) is 36.9 Å². The van der Waals surface area contributed by atoms with E-state index in [1.165, 1.54) is 26.1 Å². The molecule has 1 aromatic heterocycles. The fourth-order valence-electron chi connectivity index (χ4n) is 7.08. The number of carbonyl (C=O) groups is 7. The number of phenols is 4. The Hall–Kier alpha value is -8.35. The average molecular weight is 890 g/mol. The Morgan fingerprint density at radius 2 is 1.18 bits per heavy atom. The highest BCUT2D eigenvalue weighted by Crippen LogP contribution is 2.29. The van der Waals surface area contributed by atoms with E-state index < -0.39 is 107 Å². The number of aromatic nitrogens is 1. The number of esters is 1. The van der Waals surface area contributed by atoms with Gasteiger partial charge in [0.1, 0.15) is 65.0 Å². The third kappa shape index (κ3) is 12.2. The summed E-state index contributed by atoms with van der Waals surface area (Å²) in [4.78, 5) is 101. The van der Waals surface area contributed by atoms with Crippen LogP contribution in [0.25, 0.3) is 0 Å². The largest absolute Gasteiger partial charge is 0.508 e. The standard InChI is InChI=1S/C46H47N7O12/c1-24-40(58)52-38(28-18-30(54)22-31(55)19-28)45(63)53-39(29-20-32(56)23-33(57)21-29)46(64)65-25(2)37(44(62)50-35(42(60)48-24)16-26-10-5-3-6-11-26)51-43(61)36(17-27-12-7-4-8-13-27)49-41(59)34-14-9-15-47-34/h3-15,18-25,35-39,47,54-57H,16-17H2,1-2H3,(H,48,60)(H,49,59)(H,50,62)(H,51,61)(H,52,58)(H,53,63)/t24-,25-,35-,36+,37-,38-,39+/m1/s1. The summed E-state index contributed by atoms with van der Waals surface area (Å²) < 4.78 is 5.81. The van der Waals surface area contributed by atoms with Crippen LogP contribution in [0.15, 0.2) is 115 Å². The van der Waals surface area contributed by atoms with E-state index in [-0.39, 0.29) is 29.7 Å². The zero-order chi connectivity index (χ0) is 46.8. The lowest BCUT2D eigenvalue weighted by Crippen LogP contribution is -2.62. The van der Waals surface area contributed by atoms with Crippen LogP contribution in [0.1, 0.15) is 58.7 Å². The molecule has 2 heterocycles. The van der Waals surface area contributed by atoms with Gasteiger partial charge in [-0.3, -0.25) is 28.8 Å². The minimum atomic E-state index is -1.91. The molecule has 1 saturated heterocycles. The number of H-pyrrole nitrogens is 1. The molecule has 0 bridgehead atoms. The van der Waals surface area contributed by atoms with Crippen LogP contribution < -0.4 is 31.9 Å². The smallest absolute Gasteiger partial charge is 0.333 e. The lowest BCUT2D eigenvalue weighted by atomic mass is 10.0. The number of hydrogen-bond acceptors (Lipinski definition) is 12. The van der Waals surface area contributed by atoms with Crippen molar-refractivity contribution in [1.29, 1.82) is 0 Å². The molecule has 0 saturated carbocycles. The fraction of sp³-hybridized carbons (Fsp3) is 0.239. The predicted molar refractivity (Wildman–Crippen MR) is 231 cm³/mol. The van der Waals surface area contributed by atoms with E-state index in [0.29, 0.717) is 11.1 Å². The number of carbonyl (C=O) groups excluding carboxylic acids is 7. The molecule has 338 valence electrons. The van der Waals surface area contributed by atoms with Crippen molar-refractivity contribution in [3.8, 4) is 23.0 Å². The molecule has 5 aromatic rings. The van der Waals surface area contributed by atoms with E-state index in [1.807, 2.05) is 0 Å². The second kappa shape index (κ2) is 20.7. The number of cyclic esters (lactones) is 1. The summed E-state index contributed by atoms with van der Waals surface area (Å²) in [5, 5.41) is 56.8. The van der Waals surface area contributed by atoms with Gasteiger partial charge in [0.25, 0.3) is 5.91 Å². The van der Waals surface area contributed by atoms with E-state index in [4.69, 9.17) is 4.74 Å². The number of rotatable bonds is 10. The minimum absolute atomic E-state index is 0.0617. The Bertz CT molecular complexity index is 2500. The van der Waals surface area contributed by atoms with Gasteiger partial charge in [-0.1, -0.05) is 60.7 Å². The van der Waals surface area contributed by atoms with Crippen LogP contribution in [-0.2, 0) is 46.3 Å². The highest BCUT2D eigenvalue weighted by atomic mass is 16.5. The average Bonchev–Trinajstić information content (AvgIpc) is 3.81. The number of phenolic OH excluding ortho intramolecular Hbond substituents is 4. The van der Waals surface area contributed by atoms with E-state index >= 15 is 0 Å². The lowest BCUT2D eigenvalue weighted by Gasteiger charge is -2.31. The summed E-state index contributed by atoms with van der Waals surface area (Å²) in [7, 11) is 0. The molecule has 6 rings (SSSR count). The van der Waals surface area contributed by atoms with E-state index in [1.54, 1.807) is 66.7 Å². The molecule has 65 heavy (non-hydrogen) atoms. The number of aromatic amines is 1. The molecule has 1 fully saturated rings. The first-order valence-electron chi connectivity index (χ1n) is 20.3. The summed E-state index contributed by atoms with van der Waals surface area (Å²) in [6.07, 6.45) is -0.311. The number of hydrogen-bond donors (Lipinski definition) is 11. The number of amides is 6. The maximum Gasteiger partial charge on any atom is 0.333 e. The van der Waals surface area contributed by atoms with Crippen molar-refractivity contribution in [3.63, 3.8) is 0 Å². The molecule has 11 N–H and O–H groups in total. The zero-order valence-electron chi connectivity index (χ0n) is 35.0. The third-order valence-corrected chi connectivity index (χ3v) is 10.4. The Morgan fingerprint density at radius 1 is 0.631 bits per heavy atom.